The third-order valence-corrected chi connectivity index (χ3v) is 9.56. The molecule has 212 valence electrons. The highest BCUT2D eigenvalue weighted by Crippen LogP contribution is 2.62. The highest BCUT2D eigenvalue weighted by atomic mass is 16.6. The Bertz CT molecular complexity index is 1130. The van der Waals surface area contributed by atoms with E-state index >= 15 is 0 Å². The zero-order chi connectivity index (χ0) is 28.4. The fourth-order valence-corrected chi connectivity index (χ4v) is 7.57. The summed E-state index contributed by atoms with van der Waals surface area (Å²) < 4.78 is 16.8. The van der Waals surface area contributed by atoms with Crippen LogP contribution in [0.1, 0.15) is 78.3 Å². The van der Waals surface area contributed by atoms with Crippen LogP contribution in [0, 0.1) is 22.7 Å². The third-order valence-electron chi connectivity index (χ3n) is 9.56. The molecule has 1 aliphatic heterocycles. The second kappa shape index (κ2) is 11.7. The Morgan fingerprint density at radius 3 is 2.49 bits per heavy atom. The molecule has 0 radical (unpaired) electrons. The minimum Gasteiger partial charge on any atom is -0.465 e. The molecular formula is C32H43NO6. The molecule has 0 aromatic heterocycles. The first-order valence-corrected chi connectivity index (χ1v) is 14.1. The number of ether oxygens (including phenoxy) is 3. The van der Waals surface area contributed by atoms with Gasteiger partial charge < -0.3 is 19.5 Å². The lowest BCUT2D eigenvalue weighted by molar-refractivity contribution is -0.191. The van der Waals surface area contributed by atoms with Crippen molar-refractivity contribution >= 4 is 17.9 Å². The number of hydrogen-bond donors (Lipinski definition) is 1. The van der Waals surface area contributed by atoms with Crippen LogP contribution in [0.2, 0.25) is 0 Å². The van der Waals surface area contributed by atoms with Crippen LogP contribution in [0.15, 0.2) is 54.1 Å². The van der Waals surface area contributed by atoms with Gasteiger partial charge in [0.15, 0.2) is 0 Å². The average Bonchev–Trinajstić information content (AvgIpc) is 3.32. The van der Waals surface area contributed by atoms with Crippen molar-refractivity contribution in [2.45, 2.75) is 84.9 Å². The maximum atomic E-state index is 12.8. The highest BCUT2D eigenvalue weighted by molar-refractivity contribution is 5.91. The van der Waals surface area contributed by atoms with E-state index in [1.807, 2.05) is 24.3 Å². The molecule has 7 heteroatoms. The number of carbonyl (C=O) groups excluding carboxylic acids is 3. The lowest BCUT2D eigenvalue weighted by atomic mass is 9.46. The van der Waals surface area contributed by atoms with Crippen LogP contribution in [-0.2, 0) is 28.6 Å². The molecule has 0 unspecified atom stereocenters. The molecule has 1 aromatic rings. The van der Waals surface area contributed by atoms with Crippen molar-refractivity contribution in [2.24, 2.45) is 22.7 Å². The van der Waals surface area contributed by atoms with E-state index in [2.05, 4.69) is 44.8 Å². The van der Waals surface area contributed by atoms with E-state index in [-0.39, 0.29) is 60.0 Å². The smallest absolute Gasteiger partial charge is 0.335 e. The van der Waals surface area contributed by atoms with E-state index in [4.69, 9.17) is 14.2 Å². The first-order valence-electron chi connectivity index (χ1n) is 14.1. The largest absolute Gasteiger partial charge is 0.465 e. The van der Waals surface area contributed by atoms with Gasteiger partial charge in [-0.2, -0.15) is 0 Å². The maximum Gasteiger partial charge on any atom is 0.335 e. The van der Waals surface area contributed by atoms with E-state index in [0.29, 0.717) is 25.0 Å². The summed E-state index contributed by atoms with van der Waals surface area (Å²) in [7, 11) is 0. The molecule has 2 saturated carbocycles. The van der Waals surface area contributed by atoms with Gasteiger partial charge in [-0.15, -0.1) is 0 Å². The van der Waals surface area contributed by atoms with Gasteiger partial charge in [-0.05, 0) is 67.9 Å². The molecule has 0 bridgehead atoms. The molecule has 0 spiro atoms. The molecule has 2 aliphatic carbocycles. The molecular weight excluding hydrogens is 494 g/mol. The Balaban J connectivity index is 1.66. The monoisotopic (exact) mass is 537 g/mol. The number of carbonyl (C=O) groups is 3. The summed E-state index contributed by atoms with van der Waals surface area (Å²) in [4.78, 5) is 36.7. The van der Waals surface area contributed by atoms with Crippen LogP contribution in [0.25, 0.3) is 0 Å². The molecule has 1 heterocycles. The first kappa shape index (κ1) is 29.1. The average molecular weight is 538 g/mol. The second-order valence-electron chi connectivity index (χ2n) is 12.1. The van der Waals surface area contributed by atoms with E-state index in [9.17, 15) is 14.4 Å². The maximum absolute atomic E-state index is 12.8. The molecule has 7 atom stereocenters. The molecule has 7 nitrogen and oxygen atoms in total. The summed E-state index contributed by atoms with van der Waals surface area (Å²) in [5, 5.41) is 3.73. The Labute approximate surface area is 232 Å². The standard InChI is InChI=1S/C32H43NO6/c1-20-12-13-28-31(5,16-14-29(39-23(4)35)32(28,6)19-38-22(3)34)26(20)18-27(25-15-17-37-30(25)36)33-21(2)24-10-8-7-9-11-24/h7-11,15,21,26-29,33H,1,12-14,16-19H2,2-6H3/t21-,26-,27-,28-,29-,31+,32+/m1/s1. The van der Waals surface area contributed by atoms with Crippen molar-refractivity contribution in [2.75, 3.05) is 13.2 Å². The van der Waals surface area contributed by atoms with Crippen LogP contribution in [0.4, 0.5) is 0 Å². The van der Waals surface area contributed by atoms with Crippen molar-refractivity contribution in [1.29, 1.82) is 0 Å². The predicted octanol–water partition coefficient (Wildman–Crippen LogP) is 5.46. The van der Waals surface area contributed by atoms with Crippen LogP contribution < -0.4 is 5.32 Å². The molecule has 1 aromatic carbocycles. The van der Waals surface area contributed by atoms with Gasteiger partial charge in [-0.1, -0.05) is 56.3 Å². The number of fused-ring (bicyclic) bond motifs is 1. The van der Waals surface area contributed by atoms with Crippen LogP contribution in [-0.4, -0.2) is 43.3 Å². The van der Waals surface area contributed by atoms with Gasteiger partial charge in [-0.3, -0.25) is 9.59 Å². The third kappa shape index (κ3) is 5.98. The minimum atomic E-state index is -0.533. The minimum absolute atomic E-state index is 0.0277. The van der Waals surface area contributed by atoms with E-state index in [1.54, 1.807) is 0 Å². The van der Waals surface area contributed by atoms with Gasteiger partial charge in [0, 0.05) is 31.3 Å². The van der Waals surface area contributed by atoms with Crippen molar-refractivity contribution in [1.82, 2.24) is 5.32 Å². The van der Waals surface area contributed by atoms with Gasteiger partial charge in [0.25, 0.3) is 0 Å². The number of esters is 3. The van der Waals surface area contributed by atoms with E-state index < -0.39 is 5.41 Å². The Morgan fingerprint density at radius 1 is 1.15 bits per heavy atom. The topological polar surface area (TPSA) is 90.9 Å². The summed E-state index contributed by atoms with van der Waals surface area (Å²) in [5.74, 6) is -0.683. The lowest BCUT2D eigenvalue weighted by Crippen LogP contribution is -2.59. The highest BCUT2D eigenvalue weighted by Gasteiger charge is 2.60. The lowest BCUT2D eigenvalue weighted by Gasteiger charge is -2.60. The molecule has 2 fully saturated rings. The van der Waals surface area contributed by atoms with Gasteiger partial charge in [0.2, 0.25) is 0 Å². The zero-order valence-electron chi connectivity index (χ0n) is 24.0. The summed E-state index contributed by atoms with van der Waals surface area (Å²) in [5.41, 5.74) is 2.29. The zero-order valence-corrected chi connectivity index (χ0v) is 24.0. The van der Waals surface area contributed by atoms with Crippen LogP contribution in [0.3, 0.4) is 0 Å². The first-order chi connectivity index (χ1) is 18.5. The fraction of sp³-hybridized carbons (Fsp3) is 0.594. The van der Waals surface area contributed by atoms with Gasteiger partial charge in [-0.25, -0.2) is 4.79 Å². The van der Waals surface area contributed by atoms with Gasteiger partial charge in [0.05, 0.1) is 5.57 Å². The molecule has 0 saturated heterocycles. The number of nitrogens with one attached hydrogen (secondary N) is 1. The van der Waals surface area contributed by atoms with Crippen molar-refractivity contribution in [3.8, 4) is 0 Å². The Kier molecular flexibility index (Phi) is 8.69. The summed E-state index contributed by atoms with van der Waals surface area (Å²) >= 11 is 0. The number of benzene rings is 1. The predicted molar refractivity (Wildman–Crippen MR) is 148 cm³/mol. The summed E-state index contributed by atoms with van der Waals surface area (Å²) in [6, 6.07) is 10.0. The van der Waals surface area contributed by atoms with Crippen LogP contribution >= 0.6 is 0 Å². The van der Waals surface area contributed by atoms with E-state index in [1.165, 1.54) is 19.4 Å². The van der Waals surface area contributed by atoms with Crippen LogP contribution in [0.5, 0.6) is 0 Å². The molecule has 1 N–H and O–H groups in total. The van der Waals surface area contributed by atoms with Crippen molar-refractivity contribution in [3.05, 3.63) is 59.7 Å². The number of cyclic esters (lactones) is 1. The van der Waals surface area contributed by atoms with Crippen molar-refractivity contribution in [3.63, 3.8) is 0 Å². The molecule has 4 rings (SSSR count). The van der Waals surface area contributed by atoms with Gasteiger partial charge in [0.1, 0.15) is 19.3 Å². The Hall–Kier alpha value is -2.93. The van der Waals surface area contributed by atoms with Gasteiger partial charge >= 0.3 is 17.9 Å². The quantitative estimate of drug-likeness (QED) is 0.254. The summed E-state index contributed by atoms with van der Waals surface area (Å²) in [6.45, 7) is 14.4. The van der Waals surface area contributed by atoms with E-state index in [0.717, 1.165) is 24.8 Å². The number of hydrogen-bond acceptors (Lipinski definition) is 7. The Morgan fingerprint density at radius 2 is 1.87 bits per heavy atom. The SMILES string of the molecule is C=C1CC[C@H]2[C@](C)(COC(C)=O)[C@H](OC(C)=O)CC[C@@]2(C)[C@@H]1C[C@@H](N[C@H](C)c1ccccc1)C1=CCOC1=O. The number of allylic oxidation sites excluding steroid dienone is 1. The normalized spacial score (nSPS) is 31.9. The fourth-order valence-electron chi connectivity index (χ4n) is 7.57. The molecule has 39 heavy (non-hydrogen) atoms. The molecule has 3 aliphatic rings. The summed E-state index contributed by atoms with van der Waals surface area (Å²) in [6.07, 6.45) is 5.50. The second-order valence-corrected chi connectivity index (χ2v) is 12.1. The molecule has 0 amide bonds. The van der Waals surface area contributed by atoms with Crippen molar-refractivity contribution < 1.29 is 28.6 Å². The number of rotatable bonds is 9.